The number of fused-ring (bicyclic) bond motifs is 2. The maximum atomic E-state index is 11.0. The van der Waals surface area contributed by atoms with E-state index in [2.05, 4.69) is 11.4 Å². The predicted octanol–water partition coefficient (Wildman–Crippen LogP) is 2.47. The second kappa shape index (κ2) is 6.05. The van der Waals surface area contributed by atoms with Crippen LogP contribution < -0.4 is 10.1 Å². The first-order chi connectivity index (χ1) is 10.2. The zero-order chi connectivity index (χ0) is 14.7. The van der Waals surface area contributed by atoms with E-state index in [0.717, 1.165) is 37.0 Å². The molecule has 2 saturated heterocycles. The summed E-state index contributed by atoms with van der Waals surface area (Å²) in [5, 5.41) is 23.1. The van der Waals surface area contributed by atoms with Crippen molar-refractivity contribution in [2.24, 2.45) is 0 Å². The lowest BCUT2D eigenvalue weighted by Gasteiger charge is -2.45. The standard InChI is InChI=1S/C17H22N2O2/c18-9-2-10-21-16-7-5-13(6-8-16)17(20)11-14-3-1-4-15(12-17)19-14/h5-8,14-15,19-20H,1-4,10-12H2. The van der Waals surface area contributed by atoms with Crippen LogP contribution in [0.2, 0.25) is 0 Å². The third-order valence-electron chi connectivity index (χ3n) is 4.62. The summed E-state index contributed by atoms with van der Waals surface area (Å²) in [4.78, 5) is 0. The summed E-state index contributed by atoms with van der Waals surface area (Å²) in [7, 11) is 0. The van der Waals surface area contributed by atoms with Gasteiger partial charge in [-0.1, -0.05) is 18.6 Å². The fourth-order valence-electron chi connectivity index (χ4n) is 3.64. The summed E-state index contributed by atoms with van der Waals surface area (Å²) in [6, 6.07) is 10.6. The highest BCUT2D eigenvalue weighted by Gasteiger charge is 2.41. The molecule has 0 amide bonds. The van der Waals surface area contributed by atoms with Crippen LogP contribution in [0, 0.1) is 11.3 Å². The van der Waals surface area contributed by atoms with E-state index < -0.39 is 5.60 Å². The molecule has 2 aliphatic rings. The molecule has 21 heavy (non-hydrogen) atoms. The van der Waals surface area contributed by atoms with E-state index in [9.17, 15) is 5.11 Å². The lowest BCUT2D eigenvalue weighted by molar-refractivity contribution is -0.0359. The van der Waals surface area contributed by atoms with Crippen LogP contribution in [0.5, 0.6) is 5.75 Å². The van der Waals surface area contributed by atoms with Crippen LogP contribution in [0.3, 0.4) is 0 Å². The Morgan fingerprint density at radius 1 is 1.24 bits per heavy atom. The van der Waals surface area contributed by atoms with Crippen molar-refractivity contribution in [3.8, 4) is 11.8 Å². The third kappa shape index (κ3) is 3.20. The fourth-order valence-corrected chi connectivity index (χ4v) is 3.64. The normalized spacial score (nSPS) is 31.4. The van der Waals surface area contributed by atoms with E-state index in [-0.39, 0.29) is 0 Å². The Balaban J connectivity index is 1.69. The first kappa shape index (κ1) is 14.4. The molecule has 2 unspecified atom stereocenters. The van der Waals surface area contributed by atoms with Gasteiger partial charge >= 0.3 is 0 Å². The van der Waals surface area contributed by atoms with Crippen LogP contribution in [-0.4, -0.2) is 23.8 Å². The van der Waals surface area contributed by atoms with Crippen LogP contribution in [0.1, 0.15) is 44.1 Å². The van der Waals surface area contributed by atoms with Crippen molar-refractivity contribution >= 4 is 0 Å². The zero-order valence-corrected chi connectivity index (χ0v) is 12.2. The Labute approximate surface area is 125 Å². The van der Waals surface area contributed by atoms with Gasteiger partial charge in [0.1, 0.15) is 12.4 Å². The third-order valence-corrected chi connectivity index (χ3v) is 4.62. The monoisotopic (exact) mass is 286 g/mol. The number of ether oxygens (including phenoxy) is 1. The summed E-state index contributed by atoms with van der Waals surface area (Å²) < 4.78 is 5.48. The molecule has 0 spiro atoms. The van der Waals surface area contributed by atoms with Crippen molar-refractivity contribution in [1.29, 1.82) is 5.26 Å². The molecule has 0 aliphatic carbocycles. The predicted molar refractivity (Wildman–Crippen MR) is 79.9 cm³/mol. The van der Waals surface area contributed by atoms with Gasteiger partial charge in [0.25, 0.3) is 0 Å². The van der Waals surface area contributed by atoms with Gasteiger partial charge in [0.2, 0.25) is 0 Å². The van der Waals surface area contributed by atoms with E-state index >= 15 is 0 Å². The molecule has 3 rings (SSSR count). The number of rotatable bonds is 4. The molecule has 4 heteroatoms. The number of hydrogen-bond acceptors (Lipinski definition) is 4. The van der Waals surface area contributed by atoms with E-state index in [4.69, 9.17) is 10.00 Å². The minimum absolute atomic E-state index is 0.390. The highest BCUT2D eigenvalue weighted by Crippen LogP contribution is 2.39. The van der Waals surface area contributed by atoms with Gasteiger partial charge in [0.05, 0.1) is 18.1 Å². The molecule has 0 aromatic heterocycles. The molecular formula is C17H22N2O2. The van der Waals surface area contributed by atoms with Crippen molar-refractivity contribution in [3.63, 3.8) is 0 Å². The second-order valence-electron chi connectivity index (χ2n) is 6.21. The number of nitriles is 1. The SMILES string of the molecule is N#CCCOc1ccc(C2(O)CC3CCCC(C2)N3)cc1. The van der Waals surface area contributed by atoms with Crippen molar-refractivity contribution in [3.05, 3.63) is 29.8 Å². The summed E-state index contributed by atoms with van der Waals surface area (Å²) >= 11 is 0. The molecule has 2 N–H and O–H groups in total. The minimum Gasteiger partial charge on any atom is -0.493 e. The molecule has 2 heterocycles. The molecule has 2 atom stereocenters. The van der Waals surface area contributed by atoms with Crippen LogP contribution >= 0.6 is 0 Å². The van der Waals surface area contributed by atoms with Crippen LogP contribution in [-0.2, 0) is 5.60 Å². The van der Waals surface area contributed by atoms with Gasteiger partial charge in [-0.15, -0.1) is 0 Å². The van der Waals surface area contributed by atoms with Gasteiger partial charge < -0.3 is 15.2 Å². The number of piperidine rings is 2. The molecule has 1 aromatic rings. The van der Waals surface area contributed by atoms with E-state index in [1.807, 2.05) is 24.3 Å². The number of hydrogen-bond donors (Lipinski definition) is 2. The van der Waals surface area contributed by atoms with Gasteiger partial charge in [0, 0.05) is 12.1 Å². The van der Waals surface area contributed by atoms with E-state index in [1.54, 1.807) is 0 Å². The molecule has 0 saturated carbocycles. The highest BCUT2D eigenvalue weighted by atomic mass is 16.5. The molecule has 0 radical (unpaired) electrons. The molecular weight excluding hydrogens is 264 g/mol. The van der Waals surface area contributed by atoms with Gasteiger partial charge in [-0.2, -0.15) is 5.26 Å². The van der Waals surface area contributed by atoms with Gasteiger partial charge in [-0.25, -0.2) is 0 Å². The maximum Gasteiger partial charge on any atom is 0.119 e. The average molecular weight is 286 g/mol. The number of benzene rings is 1. The largest absolute Gasteiger partial charge is 0.493 e. The molecule has 2 aliphatic heterocycles. The maximum absolute atomic E-state index is 11.0. The summed E-state index contributed by atoms with van der Waals surface area (Å²) in [6.07, 6.45) is 5.56. The Morgan fingerprint density at radius 2 is 1.90 bits per heavy atom. The second-order valence-corrected chi connectivity index (χ2v) is 6.21. The van der Waals surface area contributed by atoms with Gasteiger partial charge in [-0.05, 0) is 43.4 Å². The van der Waals surface area contributed by atoms with Crippen molar-refractivity contribution in [2.75, 3.05) is 6.61 Å². The first-order valence-electron chi connectivity index (χ1n) is 7.78. The van der Waals surface area contributed by atoms with Crippen LogP contribution in [0.4, 0.5) is 0 Å². The summed E-state index contributed by atoms with van der Waals surface area (Å²) in [6.45, 7) is 0.411. The first-order valence-corrected chi connectivity index (χ1v) is 7.78. The van der Waals surface area contributed by atoms with Gasteiger partial charge in [-0.3, -0.25) is 0 Å². The Hall–Kier alpha value is -1.57. The van der Waals surface area contributed by atoms with Gasteiger partial charge in [0.15, 0.2) is 0 Å². The topological polar surface area (TPSA) is 65.3 Å². The molecule has 4 nitrogen and oxygen atoms in total. The fraction of sp³-hybridized carbons (Fsp3) is 0.588. The lowest BCUT2D eigenvalue weighted by Crippen LogP contribution is -2.54. The zero-order valence-electron chi connectivity index (χ0n) is 12.2. The number of nitrogens with zero attached hydrogens (tertiary/aromatic N) is 1. The molecule has 2 bridgehead atoms. The molecule has 1 aromatic carbocycles. The van der Waals surface area contributed by atoms with Crippen molar-refractivity contribution in [1.82, 2.24) is 5.32 Å². The smallest absolute Gasteiger partial charge is 0.119 e. The minimum atomic E-state index is -0.716. The number of aliphatic hydroxyl groups is 1. The quantitative estimate of drug-likeness (QED) is 0.835. The van der Waals surface area contributed by atoms with E-state index in [0.29, 0.717) is 25.1 Å². The van der Waals surface area contributed by atoms with Crippen LogP contribution in [0.15, 0.2) is 24.3 Å². The summed E-state index contributed by atoms with van der Waals surface area (Å²) in [5.74, 6) is 0.756. The van der Waals surface area contributed by atoms with Crippen molar-refractivity contribution < 1.29 is 9.84 Å². The Kier molecular flexibility index (Phi) is 4.14. The Bertz CT molecular complexity index is 509. The molecule has 2 fully saturated rings. The summed E-state index contributed by atoms with van der Waals surface area (Å²) in [5.41, 5.74) is 0.264. The lowest BCUT2D eigenvalue weighted by atomic mass is 9.74. The Morgan fingerprint density at radius 3 is 2.52 bits per heavy atom. The van der Waals surface area contributed by atoms with E-state index in [1.165, 1.54) is 6.42 Å². The number of nitrogens with one attached hydrogen (secondary N) is 1. The molecule has 112 valence electrons. The van der Waals surface area contributed by atoms with Crippen molar-refractivity contribution in [2.45, 2.75) is 56.2 Å². The highest BCUT2D eigenvalue weighted by molar-refractivity contribution is 5.32. The van der Waals surface area contributed by atoms with Crippen LogP contribution in [0.25, 0.3) is 0 Å². The average Bonchev–Trinajstić information content (AvgIpc) is 2.47.